The summed E-state index contributed by atoms with van der Waals surface area (Å²) in [6, 6.07) is 3.63. The smallest absolute Gasteiger partial charge is 0.241 e. The minimum absolute atomic E-state index is 0.228. The van der Waals surface area contributed by atoms with Crippen molar-refractivity contribution >= 4 is 34.5 Å². The summed E-state index contributed by atoms with van der Waals surface area (Å²) in [5.41, 5.74) is 0. The molecule has 0 aliphatic carbocycles. The molecule has 2 rings (SSSR count). The maximum atomic E-state index is 5.76. The Bertz CT molecular complexity index is 412. The molecule has 0 N–H and O–H groups in total. The molecule has 0 bridgehead atoms. The Morgan fingerprint density at radius 1 is 1.46 bits per heavy atom. The number of aromatic nitrogens is 2. The zero-order valence-corrected chi connectivity index (χ0v) is 8.66. The fraction of sp³-hybridized carbons (Fsp3) is 0.143. The fourth-order valence-electron chi connectivity index (χ4n) is 0.844. The van der Waals surface area contributed by atoms with Crippen molar-refractivity contribution in [2.45, 2.75) is 5.88 Å². The molecule has 0 spiro atoms. The van der Waals surface area contributed by atoms with E-state index in [1.165, 1.54) is 11.3 Å². The van der Waals surface area contributed by atoms with E-state index in [2.05, 4.69) is 10.1 Å². The van der Waals surface area contributed by atoms with Crippen LogP contribution in [0.1, 0.15) is 5.89 Å². The predicted molar refractivity (Wildman–Crippen MR) is 52.2 cm³/mol. The molecule has 0 saturated heterocycles. The lowest BCUT2D eigenvalue weighted by Crippen LogP contribution is -1.76. The first-order chi connectivity index (χ1) is 6.29. The summed E-state index contributed by atoms with van der Waals surface area (Å²) in [6.07, 6.45) is 0. The van der Waals surface area contributed by atoms with Gasteiger partial charge in [-0.15, -0.1) is 22.9 Å². The summed E-state index contributed by atoms with van der Waals surface area (Å²) in [5, 5.41) is 3.75. The topological polar surface area (TPSA) is 38.9 Å². The van der Waals surface area contributed by atoms with Crippen LogP contribution in [-0.4, -0.2) is 10.1 Å². The zero-order valence-electron chi connectivity index (χ0n) is 6.33. The fourth-order valence-corrected chi connectivity index (χ4v) is 1.92. The third-order valence-electron chi connectivity index (χ3n) is 1.38. The molecule has 0 aliphatic heterocycles. The van der Waals surface area contributed by atoms with E-state index in [1.54, 1.807) is 6.07 Å². The molecule has 68 valence electrons. The molecule has 0 fully saturated rings. The van der Waals surface area contributed by atoms with Gasteiger partial charge in [-0.25, -0.2) is 0 Å². The quantitative estimate of drug-likeness (QED) is 0.750. The second-order valence-corrected chi connectivity index (χ2v) is 4.23. The summed E-state index contributed by atoms with van der Waals surface area (Å²) in [5.74, 6) is 1.18. The normalized spacial score (nSPS) is 10.6. The Morgan fingerprint density at radius 2 is 2.31 bits per heavy atom. The van der Waals surface area contributed by atoms with Crippen LogP contribution in [-0.2, 0) is 5.88 Å². The average molecular weight is 235 g/mol. The van der Waals surface area contributed by atoms with Crippen molar-refractivity contribution in [1.82, 2.24) is 10.1 Å². The van der Waals surface area contributed by atoms with Crippen LogP contribution in [0.2, 0.25) is 4.34 Å². The van der Waals surface area contributed by atoms with E-state index in [-0.39, 0.29) is 5.88 Å². The van der Waals surface area contributed by atoms with Gasteiger partial charge < -0.3 is 4.52 Å². The Labute approximate surface area is 88.3 Å². The third kappa shape index (κ3) is 1.85. The molecule has 0 aromatic carbocycles. The molecule has 0 aliphatic rings. The van der Waals surface area contributed by atoms with Crippen LogP contribution in [0.4, 0.5) is 0 Å². The van der Waals surface area contributed by atoms with Gasteiger partial charge in [-0.3, -0.25) is 0 Å². The van der Waals surface area contributed by atoms with E-state index in [9.17, 15) is 0 Å². The van der Waals surface area contributed by atoms with Crippen LogP contribution < -0.4 is 0 Å². The molecule has 2 aromatic heterocycles. The van der Waals surface area contributed by atoms with Crippen molar-refractivity contribution < 1.29 is 4.52 Å². The molecule has 0 radical (unpaired) electrons. The largest absolute Gasteiger partial charge is 0.338 e. The van der Waals surface area contributed by atoms with Crippen molar-refractivity contribution in [1.29, 1.82) is 0 Å². The lowest BCUT2D eigenvalue weighted by molar-refractivity contribution is 0.391. The lowest BCUT2D eigenvalue weighted by Gasteiger charge is -1.81. The van der Waals surface area contributed by atoms with Crippen molar-refractivity contribution in [3.05, 3.63) is 22.4 Å². The molecule has 6 heteroatoms. The maximum Gasteiger partial charge on any atom is 0.241 e. The summed E-state index contributed by atoms with van der Waals surface area (Å²) in [6.45, 7) is 0. The third-order valence-corrected chi connectivity index (χ3v) is 2.83. The molecular weight excluding hydrogens is 231 g/mol. The number of rotatable bonds is 2. The number of halogens is 2. The lowest BCUT2D eigenvalue weighted by atomic mass is 10.4. The standard InChI is InChI=1S/C7H4Cl2N2OS/c8-3-6-10-7(11-12-6)4-1-2-5(9)13-4/h1-2H,3H2. The van der Waals surface area contributed by atoms with Gasteiger partial charge in [0.1, 0.15) is 5.88 Å². The SMILES string of the molecule is ClCc1nc(-c2ccc(Cl)s2)no1. The predicted octanol–water partition coefficient (Wildman–Crippen LogP) is 3.19. The molecule has 3 nitrogen and oxygen atoms in total. The van der Waals surface area contributed by atoms with Gasteiger partial charge in [0.15, 0.2) is 0 Å². The van der Waals surface area contributed by atoms with Gasteiger partial charge in [0.2, 0.25) is 11.7 Å². The molecule has 0 atom stereocenters. The van der Waals surface area contributed by atoms with E-state index < -0.39 is 0 Å². The number of alkyl halides is 1. The highest BCUT2D eigenvalue weighted by Gasteiger charge is 2.09. The van der Waals surface area contributed by atoms with Gasteiger partial charge in [0, 0.05) is 0 Å². The van der Waals surface area contributed by atoms with Crippen molar-refractivity contribution in [3.63, 3.8) is 0 Å². The van der Waals surface area contributed by atoms with Crippen LogP contribution >= 0.6 is 34.5 Å². The Balaban J connectivity index is 2.35. The van der Waals surface area contributed by atoms with Crippen LogP contribution in [0, 0.1) is 0 Å². The number of thiophene rings is 1. The zero-order chi connectivity index (χ0) is 9.26. The minimum atomic E-state index is 0.228. The monoisotopic (exact) mass is 234 g/mol. The van der Waals surface area contributed by atoms with Crippen molar-refractivity contribution in [3.8, 4) is 10.7 Å². The van der Waals surface area contributed by atoms with Gasteiger partial charge >= 0.3 is 0 Å². The summed E-state index contributed by atoms with van der Waals surface area (Å²) in [7, 11) is 0. The second-order valence-electron chi connectivity index (χ2n) is 2.25. The number of hydrogen-bond donors (Lipinski definition) is 0. The summed E-state index contributed by atoms with van der Waals surface area (Å²) in [4.78, 5) is 4.93. The highest BCUT2D eigenvalue weighted by atomic mass is 35.5. The van der Waals surface area contributed by atoms with Crippen LogP contribution in [0.15, 0.2) is 16.7 Å². The van der Waals surface area contributed by atoms with E-state index in [1.807, 2.05) is 6.07 Å². The second kappa shape index (κ2) is 3.65. The van der Waals surface area contributed by atoms with E-state index in [0.717, 1.165) is 4.88 Å². The van der Waals surface area contributed by atoms with Crippen molar-refractivity contribution in [2.75, 3.05) is 0 Å². The molecule has 0 saturated carbocycles. The summed E-state index contributed by atoms with van der Waals surface area (Å²) < 4.78 is 5.55. The van der Waals surface area contributed by atoms with E-state index in [4.69, 9.17) is 27.7 Å². The molecule has 2 heterocycles. The first-order valence-electron chi connectivity index (χ1n) is 3.44. The van der Waals surface area contributed by atoms with Crippen molar-refractivity contribution in [2.24, 2.45) is 0 Å². The van der Waals surface area contributed by atoms with E-state index in [0.29, 0.717) is 16.1 Å². The highest BCUT2D eigenvalue weighted by molar-refractivity contribution is 7.19. The molecule has 0 unspecified atom stereocenters. The average Bonchev–Trinajstić information content (AvgIpc) is 2.71. The van der Waals surface area contributed by atoms with Gasteiger partial charge in [-0.2, -0.15) is 4.98 Å². The number of nitrogens with zero attached hydrogens (tertiary/aromatic N) is 2. The van der Waals surface area contributed by atoms with Crippen LogP contribution in [0.3, 0.4) is 0 Å². The first kappa shape index (κ1) is 8.99. The van der Waals surface area contributed by atoms with Crippen LogP contribution in [0.5, 0.6) is 0 Å². The van der Waals surface area contributed by atoms with Gasteiger partial charge in [0.25, 0.3) is 0 Å². The van der Waals surface area contributed by atoms with Crippen LogP contribution in [0.25, 0.3) is 10.7 Å². The number of hydrogen-bond acceptors (Lipinski definition) is 4. The molecule has 2 aromatic rings. The van der Waals surface area contributed by atoms with Gasteiger partial charge in [0.05, 0.1) is 9.21 Å². The Hall–Kier alpha value is -0.580. The summed E-state index contributed by atoms with van der Waals surface area (Å²) >= 11 is 12.7. The maximum absolute atomic E-state index is 5.76. The minimum Gasteiger partial charge on any atom is -0.338 e. The Kier molecular flexibility index (Phi) is 2.53. The van der Waals surface area contributed by atoms with Gasteiger partial charge in [-0.05, 0) is 12.1 Å². The highest BCUT2D eigenvalue weighted by Crippen LogP contribution is 2.28. The first-order valence-corrected chi connectivity index (χ1v) is 5.17. The van der Waals surface area contributed by atoms with Gasteiger partial charge in [-0.1, -0.05) is 16.8 Å². The van der Waals surface area contributed by atoms with E-state index >= 15 is 0 Å². The molecule has 13 heavy (non-hydrogen) atoms. The molecular formula is C7H4Cl2N2OS. The Morgan fingerprint density at radius 3 is 2.85 bits per heavy atom. The molecule has 0 amide bonds.